The number of carbonyl (C=O) groups excluding carboxylic acids is 1. The second-order valence-electron chi connectivity index (χ2n) is 5.88. The number of carbonyl (C=O) groups is 1. The Morgan fingerprint density at radius 1 is 1.36 bits per heavy atom. The minimum atomic E-state index is 0.0947. The lowest BCUT2D eigenvalue weighted by atomic mass is 9.99. The third-order valence-corrected chi connectivity index (χ3v) is 4.16. The molecular formula is C18H19ClN2O. The highest BCUT2D eigenvalue weighted by Gasteiger charge is 2.18. The van der Waals surface area contributed by atoms with Crippen LogP contribution in [0.25, 0.3) is 16.5 Å². The van der Waals surface area contributed by atoms with E-state index in [0.29, 0.717) is 6.54 Å². The number of nitrogens with zero attached hydrogens (tertiary/aromatic N) is 1. The summed E-state index contributed by atoms with van der Waals surface area (Å²) in [5.41, 5.74) is 4.58. The van der Waals surface area contributed by atoms with Gasteiger partial charge in [0.25, 0.3) is 0 Å². The zero-order valence-corrected chi connectivity index (χ0v) is 13.6. The molecular weight excluding hydrogens is 296 g/mol. The highest BCUT2D eigenvalue weighted by molar-refractivity contribution is 6.31. The summed E-state index contributed by atoms with van der Waals surface area (Å²) in [4.78, 5) is 17.2. The lowest BCUT2D eigenvalue weighted by Gasteiger charge is -2.25. The largest absolute Gasteiger partial charge is 0.361 e. The molecule has 114 valence electrons. The molecule has 1 aromatic heterocycles. The first-order chi connectivity index (χ1) is 10.5. The predicted octanol–water partition coefficient (Wildman–Crippen LogP) is 4.40. The maximum atomic E-state index is 12.1. The Hall–Kier alpha value is -2.00. The molecule has 0 spiro atoms. The molecule has 2 heterocycles. The molecule has 0 bridgehead atoms. The Bertz CT molecular complexity index is 781. The zero-order valence-electron chi connectivity index (χ0n) is 12.8. The van der Waals surface area contributed by atoms with E-state index in [2.05, 4.69) is 11.1 Å². The van der Waals surface area contributed by atoms with Crippen LogP contribution in [0.3, 0.4) is 0 Å². The van der Waals surface area contributed by atoms with Gasteiger partial charge in [0.1, 0.15) is 0 Å². The van der Waals surface area contributed by atoms with Crippen LogP contribution in [0.15, 0.2) is 42.1 Å². The predicted molar refractivity (Wildman–Crippen MR) is 91.9 cm³/mol. The SMILES string of the molecule is CC(C)=CC(=O)N1CC=C(c2c[nH]c3ccc(Cl)cc23)CC1. The van der Waals surface area contributed by atoms with Gasteiger partial charge in [-0.3, -0.25) is 4.79 Å². The van der Waals surface area contributed by atoms with Gasteiger partial charge >= 0.3 is 0 Å². The number of H-pyrrole nitrogens is 1. The van der Waals surface area contributed by atoms with E-state index in [1.165, 1.54) is 11.1 Å². The third-order valence-electron chi connectivity index (χ3n) is 3.92. The second-order valence-corrected chi connectivity index (χ2v) is 6.31. The normalized spacial score (nSPS) is 14.9. The lowest BCUT2D eigenvalue weighted by Crippen LogP contribution is -2.33. The molecule has 4 heteroatoms. The highest BCUT2D eigenvalue weighted by Crippen LogP contribution is 2.30. The average Bonchev–Trinajstić information content (AvgIpc) is 2.89. The maximum absolute atomic E-state index is 12.1. The Labute approximate surface area is 135 Å². The summed E-state index contributed by atoms with van der Waals surface area (Å²) in [7, 11) is 0. The first-order valence-electron chi connectivity index (χ1n) is 7.44. The van der Waals surface area contributed by atoms with Crippen LogP contribution in [0, 0.1) is 0 Å². The maximum Gasteiger partial charge on any atom is 0.246 e. The van der Waals surface area contributed by atoms with Crippen LogP contribution in [-0.2, 0) is 4.79 Å². The monoisotopic (exact) mass is 314 g/mol. The van der Waals surface area contributed by atoms with Crippen molar-refractivity contribution in [2.75, 3.05) is 13.1 Å². The first kappa shape index (κ1) is 14.9. The number of amides is 1. The third kappa shape index (κ3) is 2.95. The molecule has 1 aliphatic rings. The molecule has 0 radical (unpaired) electrons. The molecule has 2 aromatic rings. The molecule has 0 unspecified atom stereocenters. The van der Waals surface area contributed by atoms with Crippen molar-refractivity contribution >= 4 is 34.0 Å². The quantitative estimate of drug-likeness (QED) is 0.819. The zero-order chi connectivity index (χ0) is 15.7. The topological polar surface area (TPSA) is 36.1 Å². The Morgan fingerprint density at radius 3 is 2.86 bits per heavy atom. The molecule has 1 aromatic carbocycles. The minimum Gasteiger partial charge on any atom is -0.361 e. The summed E-state index contributed by atoms with van der Waals surface area (Å²) < 4.78 is 0. The smallest absolute Gasteiger partial charge is 0.246 e. The van der Waals surface area contributed by atoms with Crippen molar-refractivity contribution in [2.45, 2.75) is 20.3 Å². The van der Waals surface area contributed by atoms with Gasteiger partial charge in [-0.15, -0.1) is 0 Å². The second kappa shape index (κ2) is 6.01. The first-order valence-corrected chi connectivity index (χ1v) is 7.82. The van der Waals surface area contributed by atoms with E-state index in [1.54, 1.807) is 6.08 Å². The van der Waals surface area contributed by atoms with Crippen molar-refractivity contribution in [2.24, 2.45) is 0 Å². The van der Waals surface area contributed by atoms with Crippen molar-refractivity contribution < 1.29 is 4.79 Å². The van der Waals surface area contributed by atoms with Gasteiger partial charge < -0.3 is 9.88 Å². The number of hydrogen-bond acceptors (Lipinski definition) is 1. The van der Waals surface area contributed by atoms with Crippen LogP contribution in [0.1, 0.15) is 25.8 Å². The van der Waals surface area contributed by atoms with Gasteiger partial charge in [0.2, 0.25) is 5.91 Å². The minimum absolute atomic E-state index is 0.0947. The molecule has 1 amide bonds. The van der Waals surface area contributed by atoms with Crippen LogP contribution >= 0.6 is 11.6 Å². The Kier molecular flexibility index (Phi) is 4.08. The van der Waals surface area contributed by atoms with E-state index in [9.17, 15) is 4.79 Å². The van der Waals surface area contributed by atoms with Crippen molar-refractivity contribution in [3.63, 3.8) is 0 Å². The van der Waals surface area contributed by atoms with Crippen LogP contribution in [-0.4, -0.2) is 28.9 Å². The summed E-state index contributed by atoms with van der Waals surface area (Å²) >= 11 is 6.11. The summed E-state index contributed by atoms with van der Waals surface area (Å²) in [5, 5.41) is 1.88. The summed E-state index contributed by atoms with van der Waals surface area (Å²) in [6.45, 7) is 5.30. The number of fused-ring (bicyclic) bond motifs is 1. The summed E-state index contributed by atoms with van der Waals surface area (Å²) in [6, 6.07) is 5.87. The number of aromatic nitrogens is 1. The van der Waals surface area contributed by atoms with Gasteiger partial charge in [-0.05, 0) is 44.0 Å². The van der Waals surface area contributed by atoms with Crippen molar-refractivity contribution in [3.05, 3.63) is 52.7 Å². The molecule has 0 saturated carbocycles. The van der Waals surface area contributed by atoms with Gasteiger partial charge in [0.15, 0.2) is 0 Å². The van der Waals surface area contributed by atoms with E-state index >= 15 is 0 Å². The fraction of sp³-hybridized carbons (Fsp3) is 0.278. The molecule has 3 rings (SSSR count). The number of aromatic amines is 1. The van der Waals surface area contributed by atoms with Gasteiger partial charge in [-0.1, -0.05) is 23.3 Å². The number of nitrogens with one attached hydrogen (secondary N) is 1. The summed E-state index contributed by atoms with van der Waals surface area (Å²) in [5.74, 6) is 0.0947. The average molecular weight is 315 g/mol. The molecule has 0 saturated heterocycles. The van der Waals surface area contributed by atoms with E-state index < -0.39 is 0 Å². The van der Waals surface area contributed by atoms with Crippen molar-refractivity contribution in [3.8, 4) is 0 Å². The van der Waals surface area contributed by atoms with Gasteiger partial charge in [0.05, 0.1) is 0 Å². The molecule has 22 heavy (non-hydrogen) atoms. The van der Waals surface area contributed by atoms with Gasteiger partial charge in [-0.2, -0.15) is 0 Å². The number of halogens is 1. The van der Waals surface area contributed by atoms with Crippen LogP contribution in [0.2, 0.25) is 5.02 Å². The molecule has 3 nitrogen and oxygen atoms in total. The number of hydrogen-bond donors (Lipinski definition) is 1. The molecule has 0 aliphatic carbocycles. The highest BCUT2D eigenvalue weighted by atomic mass is 35.5. The summed E-state index contributed by atoms with van der Waals surface area (Å²) in [6.07, 6.45) is 6.73. The van der Waals surface area contributed by atoms with E-state index in [1.807, 2.05) is 43.1 Å². The van der Waals surface area contributed by atoms with Gasteiger partial charge in [0, 0.05) is 46.9 Å². The number of allylic oxidation sites excluding steroid dienone is 1. The lowest BCUT2D eigenvalue weighted by molar-refractivity contribution is -0.125. The number of rotatable bonds is 2. The van der Waals surface area contributed by atoms with E-state index in [4.69, 9.17) is 11.6 Å². The standard InChI is InChI=1S/C18H19ClN2O/c1-12(2)9-18(22)21-7-5-13(6-8-21)16-11-20-17-4-3-14(19)10-15(16)17/h3-5,9-11,20H,6-8H2,1-2H3. The molecule has 1 N–H and O–H groups in total. The Balaban J connectivity index is 1.85. The van der Waals surface area contributed by atoms with E-state index in [-0.39, 0.29) is 5.91 Å². The molecule has 1 aliphatic heterocycles. The van der Waals surface area contributed by atoms with Crippen molar-refractivity contribution in [1.29, 1.82) is 0 Å². The fourth-order valence-corrected chi connectivity index (χ4v) is 2.98. The molecule has 0 atom stereocenters. The van der Waals surface area contributed by atoms with Crippen LogP contribution < -0.4 is 0 Å². The fourth-order valence-electron chi connectivity index (χ4n) is 2.81. The van der Waals surface area contributed by atoms with Gasteiger partial charge in [-0.25, -0.2) is 0 Å². The Morgan fingerprint density at radius 2 is 2.18 bits per heavy atom. The van der Waals surface area contributed by atoms with Crippen LogP contribution in [0.4, 0.5) is 0 Å². The van der Waals surface area contributed by atoms with E-state index in [0.717, 1.165) is 34.5 Å². The molecule has 0 fully saturated rings. The number of benzene rings is 1. The van der Waals surface area contributed by atoms with Crippen molar-refractivity contribution in [1.82, 2.24) is 9.88 Å². The van der Waals surface area contributed by atoms with Crippen LogP contribution in [0.5, 0.6) is 0 Å².